The molecule has 2 rings (SSSR count). The average Bonchev–Trinajstić information content (AvgIpc) is 2.65. The summed E-state index contributed by atoms with van der Waals surface area (Å²) < 4.78 is 1.71. The quantitative estimate of drug-likeness (QED) is 0.705. The molecular weight excluding hydrogens is 200 g/mol. The number of aromatic nitrogens is 4. The van der Waals surface area contributed by atoms with E-state index in [9.17, 15) is 0 Å². The van der Waals surface area contributed by atoms with Crippen molar-refractivity contribution in [3.63, 3.8) is 0 Å². The van der Waals surface area contributed by atoms with Crippen molar-refractivity contribution >= 4 is 11.6 Å². The maximum Gasteiger partial charge on any atom is 0.162 e. The fourth-order valence-corrected chi connectivity index (χ4v) is 1.30. The molecule has 0 fully saturated rings. The average molecular weight is 209 g/mol. The topological polar surface area (TPSA) is 43.6 Å². The van der Waals surface area contributed by atoms with Crippen molar-refractivity contribution in [2.75, 3.05) is 0 Å². The Labute approximate surface area is 86.6 Å². The number of hydrogen-bond donors (Lipinski definition) is 0. The summed E-state index contributed by atoms with van der Waals surface area (Å²) in [6.07, 6.45) is 5.30. The molecule has 14 heavy (non-hydrogen) atoms. The van der Waals surface area contributed by atoms with Crippen molar-refractivity contribution in [3.8, 4) is 11.4 Å². The molecule has 0 atom stereocenters. The van der Waals surface area contributed by atoms with Gasteiger partial charge in [0.25, 0.3) is 0 Å². The van der Waals surface area contributed by atoms with E-state index in [1.54, 1.807) is 23.1 Å². The monoisotopic (exact) mass is 208 g/mol. The number of aryl methyl sites for hydroxylation is 1. The molecule has 0 aromatic carbocycles. The lowest BCUT2D eigenvalue weighted by atomic mass is 10.3. The van der Waals surface area contributed by atoms with Crippen molar-refractivity contribution in [2.24, 2.45) is 7.05 Å². The SMILES string of the molecule is Cn1cc(-c2nccc(CCl)n2)cn1. The first kappa shape index (κ1) is 9.15. The van der Waals surface area contributed by atoms with Gasteiger partial charge in [-0.2, -0.15) is 5.10 Å². The van der Waals surface area contributed by atoms with Gasteiger partial charge >= 0.3 is 0 Å². The molecule has 0 spiro atoms. The van der Waals surface area contributed by atoms with Crippen LogP contribution in [0.2, 0.25) is 0 Å². The van der Waals surface area contributed by atoms with Crippen molar-refractivity contribution in [2.45, 2.75) is 5.88 Å². The molecule has 0 unspecified atom stereocenters. The summed E-state index contributed by atoms with van der Waals surface area (Å²) in [5.74, 6) is 1.06. The molecule has 5 heteroatoms. The van der Waals surface area contributed by atoms with Crippen LogP contribution in [0.5, 0.6) is 0 Å². The molecule has 2 heterocycles. The molecule has 72 valence electrons. The number of rotatable bonds is 2. The fraction of sp³-hybridized carbons (Fsp3) is 0.222. The van der Waals surface area contributed by atoms with E-state index in [4.69, 9.17) is 11.6 Å². The van der Waals surface area contributed by atoms with E-state index in [0.29, 0.717) is 11.7 Å². The Hall–Kier alpha value is -1.42. The first-order valence-electron chi connectivity index (χ1n) is 4.16. The second-order valence-corrected chi connectivity index (χ2v) is 3.18. The van der Waals surface area contributed by atoms with Gasteiger partial charge < -0.3 is 0 Å². The third-order valence-corrected chi connectivity index (χ3v) is 2.09. The van der Waals surface area contributed by atoms with Crippen molar-refractivity contribution < 1.29 is 0 Å². The van der Waals surface area contributed by atoms with E-state index < -0.39 is 0 Å². The summed E-state index contributed by atoms with van der Waals surface area (Å²) in [7, 11) is 1.86. The van der Waals surface area contributed by atoms with Crippen LogP contribution in [0.1, 0.15) is 5.69 Å². The van der Waals surface area contributed by atoms with E-state index >= 15 is 0 Å². The molecule has 0 aliphatic carbocycles. The molecule has 2 aromatic heterocycles. The van der Waals surface area contributed by atoms with Crippen molar-refractivity contribution in [1.29, 1.82) is 0 Å². The largest absolute Gasteiger partial charge is 0.275 e. The Bertz CT molecular complexity index is 438. The summed E-state index contributed by atoms with van der Waals surface area (Å²) in [6, 6.07) is 1.80. The molecule has 0 radical (unpaired) electrons. The Morgan fingerprint density at radius 2 is 2.36 bits per heavy atom. The Kier molecular flexibility index (Phi) is 2.45. The fourth-order valence-electron chi connectivity index (χ4n) is 1.15. The van der Waals surface area contributed by atoms with Crippen LogP contribution >= 0.6 is 11.6 Å². The van der Waals surface area contributed by atoms with Gasteiger partial charge in [-0.1, -0.05) is 0 Å². The van der Waals surface area contributed by atoms with Gasteiger partial charge in [-0.25, -0.2) is 9.97 Å². The van der Waals surface area contributed by atoms with Gasteiger partial charge in [0.15, 0.2) is 5.82 Å². The number of alkyl halides is 1. The van der Waals surface area contributed by atoms with E-state index in [1.165, 1.54) is 0 Å². The number of halogens is 1. The summed E-state index contributed by atoms with van der Waals surface area (Å²) >= 11 is 5.68. The predicted octanol–water partition coefficient (Wildman–Crippen LogP) is 1.62. The third-order valence-electron chi connectivity index (χ3n) is 1.81. The zero-order valence-corrected chi connectivity index (χ0v) is 8.44. The standard InChI is InChI=1S/C9H9ClN4/c1-14-6-7(5-12-14)9-11-3-2-8(4-10)13-9/h2-3,5-6H,4H2,1H3. The van der Waals surface area contributed by atoms with Crippen molar-refractivity contribution in [1.82, 2.24) is 19.7 Å². The molecule has 0 aliphatic heterocycles. The molecule has 0 saturated heterocycles. The number of nitrogens with zero attached hydrogens (tertiary/aromatic N) is 4. The first-order valence-corrected chi connectivity index (χ1v) is 4.70. The minimum Gasteiger partial charge on any atom is -0.275 e. The molecule has 0 bridgehead atoms. The smallest absolute Gasteiger partial charge is 0.162 e. The lowest BCUT2D eigenvalue weighted by Crippen LogP contribution is -1.91. The Morgan fingerprint density at radius 1 is 1.50 bits per heavy atom. The summed E-state index contributed by atoms with van der Waals surface area (Å²) in [4.78, 5) is 8.43. The zero-order valence-electron chi connectivity index (χ0n) is 7.68. The summed E-state index contributed by atoms with van der Waals surface area (Å²) in [5.41, 5.74) is 1.72. The molecule has 0 N–H and O–H groups in total. The second-order valence-electron chi connectivity index (χ2n) is 2.91. The van der Waals surface area contributed by atoms with Gasteiger partial charge in [-0.15, -0.1) is 11.6 Å². The van der Waals surface area contributed by atoms with Crippen LogP contribution < -0.4 is 0 Å². The van der Waals surface area contributed by atoms with Crippen LogP contribution in [0.15, 0.2) is 24.7 Å². The zero-order chi connectivity index (χ0) is 9.97. The molecule has 0 saturated carbocycles. The van der Waals surface area contributed by atoms with Gasteiger partial charge in [-0.3, -0.25) is 4.68 Å². The molecule has 4 nitrogen and oxygen atoms in total. The van der Waals surface area contributed by atoms with Crippen LogP contribution in [0.25, 0.3) is 11.4 Å². The van der Waals surface area contributed by atoms with Crippen LogP contribution in [0.3, 0.4) is 0 Å². The van der Waals surface area contributed by atoms with E-state index in [2.05, 4.69) is 15.1 Å². The van der Waals surface area contributed by atoms with Gasteiger partial charge in [0.2, 0.25) is 0 Å². The number of hydrogen-bond acceptors (Lipinski definition) is 3. The molecular formula is C9H9ClN4. The lowest BCUT2D eigenvalue weighted by molar-refractivity contribution is 0.768. The van der Waals surface area contributed by atoms with Crippen LogP contribution in [-0.4, -0.2) is 19.7 Å². The van der Waals surface area contributed by atoms with Crippen LogP contribution in [-0.2, 0) is 12.9 Å². The van der Waals surface area contributed by atoms with Gasteiger partial charge in [-0.05, 0) is 6.07 Å². The van der Waals surface area contributed by atoms with Crippen LogP contribution in [0.4, 0.5) is 0 Å². The van der Waals surface area contributed by atoms with E-state index in [1.807, 2.05) is 13.2 Å². The van der Waals surface area contributed by atoms with Crippen LogP contribution in [0, 0.1) is 0 Å². The highest BCUT2D eigenvalue weighted by atomic mass is 35.5. The highest BCUT2D eigenvalue weighted by molar-refractivity contribution is 6.16. The summed E-state index contributed by atoms with van der Waals surface area (Å²) in [6.45, 7) is 0. The first-order chi connectivity index (χ1) is 6.79. The Balaban J connectivity index is 2.41. The summed E-state index contributed by atoms with van der Waals surface area (Å²) in [5, 5.41) is 4.05. The van der Waals surface area contributed by atoms with E-state index in [-0.39, 0.29) is 0 Å². The normalized spacial score (nSPS) is 10.4. The van der Waals surface area contributed by atoms with E-state index in [0.717, 1.165) is 11.3 Å². The maximum absolute atomic E-state index is 5.68. The van der Waals surface area contributed by atoms with Gasteiger partial charge in [0, 0.05) is 19.4 Å². The third kappa shape index (κ3) is 1.75. The lowest BCUT2D eigenvalue weighted by Gasteiger charge is -1.97. The highest BCUT2D eigenvalue weighted by Crippen LogP contribution is 2.13. The maximum atomic E-state index is 5.68. The van der Waals surface area contributed by atoms with Gasteiger partial charge in [0.1, 0.15) is 0 Å². The molecule has 2 aromatic rings. The minimum absolute atomic E-state index is 0.399. The Morgan fingerprint density at radius 3 is 3.00 bits per heavy atom. The van der Waals surface area contributed by atoms with Crippen molar-refractivity contribution in [3.05, 3.63) is 30.4 Å². The minimum atomic E-state index is 0.399. The van der Waals surface area contributed by atoms with Gasteiger partial charge in [0.05, 0.1) is 23.3 Å². The highest BCUT2D eigenvalue weighted by Gasteiger charge is 2.03. The predicted molar refractivity (Wildman–Crippen MR) is 53.8 cm³/mol. The molecule has 0 aliphatic rings. The molecule has 0 amide bonds. The second kappa shape index (κ2) is 3.75.